The monoisotopic (exact) mass is 565 g/mol. The fraction of sp³-hybridized carbons (Fsp3) is 0.0625. The fourth-order valence-corrected chi connectivity index (χ4v) is 5.09. The number of carbonyl (C=O) groups is 1. The van der Waals surface area contributed by atoms with Gasteiger partial charge in [-0.05, 0) is 49.4 Å². The van der Waals surface area contributed by atoms with Crippen LogP contribution in [0.15, 0.2) is 102 Å². The van der Waals surface area contributed by atoms with Crippen LogP contribution in [-0.4, -0.2) is 39.7 Å². The first kappa shape index (κ1) is 25.7. The molecule has 11 nitrogen and oxygen atoms in total. The van der Waals surface area contributed by atoms with E-state index in [-0.39, 0.29) is 16.9 Å². The van der Waals surface area contributed by atoms with Crippen molar-refractivity contribution in [3.05, 3.63) is 130 Å². The van der Waals surface area contributed by atoms with E-state index in [9.17, 15) is 9.59 Å². The number of anilines is 1. The van der Waals surface area contributed by atoms with Gasteiger partial charge in [0.1, 0.15) is 11.4 Å². The van der Waals surface area contributed by atoms with Gasteiger partial charge in [0.25, 0.3) is 11.5 Å². The Morgan fingerprint density at radius 2 is 1.72 bits per heavy atom. The number of fused-ring (bicyclic) bond motifs is 3. The third kappa shape index (κ3) is 4.43. The molecule has 0 aliphatic heterocycles. The molecule has 0 aliphatic carbocycles. The summed E-state index contributed by atoms with van der Waals surface area (Å²) in [7, 11) is 0. The molecular weight excluding hydrogens is 542 g/mol. The summed E-state index contributed by atoms with van der Waals surface area (Å²) in [4.78, 5) is 36.9. The molecule has 0 saturated heterocycles. The van der Waals surface area contributed by atoms with Gasteiger partial charge in [-0.25, -0.2) is 19.0 Å². The lowest BCUT2D eigenvalue weighted by atomic mass is 10.1. The third-order valence-electron chi connectivity index (χ3n) is 7.08. The van der Waals surface area contributed by atoms with Crippen molar-refractivity contribution in [1.29, 1.82) is 0 Å². The largest absolute Gasteiger partial charge is 0.381 e. The standard InChI is InChI=1S/C32H23N9O2/c1-20(36-31(42)27-28(33)38-40-18-8-16-34-30(27)40)29-37-24-12-7-9-21(14-15-22-19-35-39-17-6-5-13-25(22)39)26(24)32(43)41(29)23-10-3-2-4-11-23/h2-13,16-20H,1H3,(H2,33,38)(H,36,42)/t20-/m0/s1. The molecule has 0 radical (unpaired) electrons. The Labute approximate surface area is 244 Å². The number of nitrogen functional groups attached to an aromatic ring is 1. The van der Waals surface area contributed by atoms with Crippen molar-refractivity contribution in [2.24, 2.45) is 0 Å². The van der Waals surface area contributed by atoms with Gasteiger partial charge in [0, 0.05) is 24.2 Å². The van der Waals surface area contributed by atoms with Gasteiger partial charge in [0.05, 0.1) is 39.9 Å². The number of rotatable bonds is 4. The molecule has 2 aromatic carbocycles. The summed E-state index contributed by atoms with van der Waals surface area (Å²) < 4.78 is 4.69. The molecule has 5 heterocycles. The molecule has 7 rings (SSSR count). The number of amides is 1. The molecule has 7 aromatic rings. The maximum absolute atomic E-state index is 14.3. The minimum Gasteiger partial charge on any atom is -0.381 e. The molecular formula is C32H23N9O2. The van der Waals surface area contributed by atoms with Crippen LogP contribution in [0.1, 0.15) is 40.3 Å². The van der Waals surface area contributed by atoms with Gasteiger partial charge in [-0.3, -0.25) is 14.2 Å². The summed E-state index contributed by atoms with van der Waals surface area (Å²) >= 11 is 0. The van der Waals surface area contributed by atoms with Gasteiger partial charge in [-0.1, -0.05) is 42.2 Å². The summed E-state index contributed by atoms with van der Waals surface area (Å²) in [6.07, 6.45) is 6.77. The van der Waals surface area contributed by atoms with Crippen LogP contribution in [0.2, 0.25) is 0 Å². The summed E-state index contributed by atoms with van der Waals surface area (Å²) in [5.74, 6) is 6.24. The highest BCUT2D eigenvalue weighted by Gasteiger charge is 2.24. The maximum atomic E-state index is 14.3. The molecule has 0 unspecified atom stereocenters. The highest BCUT2D eigenvalue weighted by molar-refractivity contribution is 6.04. The van der Waals surface area contributed by atoms with Crippen molar-refractivity contribution in [3.63, 3.8) is 0 Å². The van der Waals surface area contributed by atoms with E-state index < -0.39 is 11.9 Å². The molecule has 208 valence electrons. The quantitative estimate of drug-likeness (QED) is 0.311. The number of carbonyl (C=O) groups excluding carboxylic acids is 1. The fourth-order valence-electron chi connectivity index (χ4n) is 5.09. The van der Waals surface area contributed by atoms with E-state index in [0.29, 0.717) is 33.6 Å². The lowest BCUT2D eigenvalue weighted by Crippen LogP contribution is -2.33. The van der Waals surface area contributed by atoms with Crippen LogP contribution in [0.25, 0.3) is 27.8 Å². The highest BCUT2D eigenvalue weighted by Crippen LogP contribution is 2.22. The number of nitrogens with zero attached hydrogens (tertiary/aromatic N) is 7. The van der Waals surface area contributed by atoms with Crippen LogP contribution in [-0.2, 0) is 0 Å². The molecule has 11 heteroatoms. The summed E-state index contributed by atoms with van der Waals surface area (Å²) in [5.41, 5.74) is 9.43. The van der Waals surface area contributed by atoms with Crippen molar-refractivity contribution < 1.29 is 4.79 Å². The smallest absolute Gasteiger partial charge is 0.267 e. The Morgan fingerprint density at radius 3 is 2.58 bits per heavy atom. The van der Waals surface area contributed by atoms with Crippen molar-refractivity contribution in [1.82, 2.24) is 39.1 Å². The van der Waals surface area contributed by atoms with Gasteiger partial charge in [0.2, 0.25) is 0 Å². The van der Waals surface area contributed by atoms with Crippen molar-refractivity contribution in [3.8, 4) is 17.5 Å². The van der Waals surface area contributed by atoms with Crippen LogP contribution in [0.5, 0.6) is 0 Å². The summed E-state index contributed by atoms with van der Waals surface area (Å²) in [6.45, 7) is 1.76. The third-order valence-corrected chi connectivity index (χ3v) is 7.08. The second-order valence-corrected chi connectivity index (χ2v) is 9.83. The first-order chi connectivity index (χ1) is 21.0. The van der Waals surface area contributed by atoms with E-state index in [0.717, 1.165) is 11.1 Å². The number of para-hydroxylation sites is 1. The molecule has 1 atom stereocenters. The predicted octanol–water partition coefficient (Wildman–Crippen LogP) is 3.55. The zero-order chi connectivity index (χ0) is 29.5. The molecule has 43 heavy (non-hydrogen) atoms. The van der Waals surface area contributed by atoms with E-state index in [1.165, 1.54) is 9.08 Å². The molecule has 0 spiro atoms. The number of hydrogen-bond donors (Lipinski definition) is 2. The number of aromatic nitrogens is 7. The average molecular weight is 566 g/mol. The van der Waals surface area contributed by atoms with E-state index in [2.05, 4.69) is 32.3 Å². The normalized spacial score (nSPS) is 11.8. The molecule has 0 aliphatic rings. The molecule has 5 aromatic heterocycles. The Balaban J connectivity index is 1.35. The van der Waals surface area contributed by atoms with Gasteiger partial charge < -0.3 is 11.1 Å². The van der Waals surface area contributed by atoms with Gasteiger partial charge in [0.15, 0.2) is 11.5 Å². The van der Waals surface area contributed by atoms with Crippen LogP contribution in [0.3, 0.4) is 0 Å². The van der Waals surface area contributed by atoms with E-state index in [1.54, 1.807) is 54.3 Å². The molecule has 0 fully saturated rings. The van der Waals surface area contributed by atoms with Crippen molar-refractivity contribution >= 4 is 33.8 Å². The molecule has 3 N–H and O–H groups in total. The zero-order valence-electron chi connectivity index (χ0n) is 22.8. The summed E-state index contributed by atoms with van der Waals surface area (Å²) in [5, 5.41) is 11.8. The average Bonchev–Trinajstić information content (AvgIpc) is 3.60. The maximum Gasteiger partial charge on any atom is 0.267 e. The topological polar surface area (TPSA) is 138 Å². The van der Waals surface area contributed by atoms with E-state index in [4.69, 9.17) is 10.7 Å². The Bertz CT molecular complexity index is 2310. The van der Waals surface area contributed by atoms with Gasteiger partial charge in [-0.2, -0.15) is 5.10 Å². The van der Waals surface area contributed by atoms with Crippen molar-refractivity contribution in [2.45, 2.75) is 13.0 Å². The van der Waals surface area contributed by atoms with Crippen molar-refractivity contribution in [2.75, 3.05) is 5.73 Å². The minimum absolute atomic E-state index is 0.0461. The number of hydrogen-bond acceptors (Lipinski definition) is 7. The lowest BCUT2D eigenvalue weighted by molar-refractivity contribution is 0.0940. The van der Waals surface area contributed by atoms with Crippen LogP contribution in [0, 0.1) is 11.8 Å². The predicted molar refractivity (Wildman–Crippen MR) is 162 cm³/mol. The molecule has 0 saturated carbocycles. The lowest BCUT2D eigenvalue weighted by Gasteiger charge is -2.20. The van der Waals surface area contributed by atoms with Gasteiger partial charge in [-0.15, -0.1) is 5.10 Å². The highest BCUT2D eigenvalue weighted by atomic mass is 16.2. The van der Waals surface area contributed by atoms with Crippen LogP contribution in [0.4, 0.5) is 5.82 Å². The Kier molecular flexibility index (Phi) is 6.14. The number of nitrogens with two attached hydrogens (primary N) is 1. The second-order valence-electron chi connectivity index (χ2n) is 9.83. The van der Waals surface area contributed by atoms with Crippen LogP contribution < -0.4 is 16.6 Å². The van der Waals surface area contributed by atoms with Crippen LogP contribution >= 0.6 is 0 Å². The Hall–Kier alpha value is -6.28. The second kappa shape index (κ2) is 10.3. The minimum atomic E-state index is -0.698. The SMILES string of the molecule is C[C@H](NC(=O)c1c(N)nn2cccnc12)c1nc2cccc(C#Cc3cnn4ccccc34)c2c(=O)n1-c1ccccc1. The zero-order valence-corrected chi connectivity index (χ0v) is 22.8. The number of benzene rings is 2. The Morgan fingerprint density at radius 1 is 0.930 bits per heavy atom. The number of nitrogens with one attached hydrogen (secondary N) is 1. The van der Waals surface area contributed by atoms with E-state index >= 15 is 0 Å². The van der Waals surface area contributed by atoms with E-state index in [1.807, 2.05) is 54.7 Å². The number of pyridine rings is 1. The summed E-state index contributed by atoms with van der Waals surface area (Å²) in [6, 6.07) is 21.3. The first-order valence-corrected chi connectivity index (χ1v) is 13.4. The molecule has 1 amide bonds. The first-order valence-electron chi connectivity index (χ1n) is 13.4. The molecule has 0 bridgehead atoms. The van der Waals surface area contributed by atoms with Gasteiger partial charge >= 0.3 is 0 Å².